The third kappa shape index (κ3) is 12.3. The fourth-order valence-electron chi connectivity index (χ4n) is 4.88. The Labute approximate surface area is 273 Å². The normalized spacial score (nSPS) is 12.4. The van der Waals surface area contributed by atoms with Crippen LogP contribution in [0.15, 0.2) is 72.8 Å². The molecule has 3 aromatic carbocycles. The molecule has 246 valence electrons. The van der Waals surface area contributed by atoms with Crippen LogP contribution in [0.25, 0.3) is 0 Å². The van der Waals surface area contributed by atoms with E-state index in [4.69, 9.17) is 4.74 Å². The molecule has 0 radical (unpaired) electrons. The van der Waals surface area contributed by atoms with Crippen LogP contribution in [-0.2, 0) is 23.0 Å². The number of aliphatic hydroxyl groups excluding tert-OH is 1. The molecule has 0 spiro atoms. The molecule has 4 N–H and O–H groups in total. The lowest BCUT2D eigenvalue weighted by atomic mass is 10.00. The highest BCUT2D eigenvalue weighted by molar-refractivity contribution is 7.92. The van der Waals surface area contributed by atoms with Crippen molar-refractivity contribution < 1.29 is 27.9 Å². The first-order valence-corrected chi connectivity index (χ1v) is 16.7. The Kier molecular flexibility index (Phi) is 15.3. The van der Waals surface area contributed by atoms with Gasteiger partial charge in [-0.3, -0.25) is 14.3 Å². The predicted octanol–water partition coefficient (Wildman–Crippen LogP) is 4.24. The van der Waals surface area contributed by atoms with Gasteiger partial charge in [0.05, 0.1) is 31.2 Å². The number of hydrogen-bond donors (Lipinski definition) is 4. The number of rotatable bonds is 17. The Balaban J connectivity index is 0.00000705. The molecule has 0 aliphatic rings. The standard InChI is InChI=1S/C33H44N4O6S.ClH/c1-5-15-37(16-6-2)33(40)27-19-26(20-28(21-27)36-44(4,41)42)32(39)35-30(18-24-11-8-7-9-12-24)31(38)23-34-22-25-13-10-14-29(17-25)43-3;/h7-14,17,19-21,30-31,34,36,38H,5-6,15-16,18,22-23H2,1-4H3,(H,35,39);1H/t30-,31+;/m0./s1. The minimum Gasteiger partial charge on any atom is -0.497 e. The number of hydrogen-bond acceptors (Lipinski definition) is 7. The van der Waals surface area contributed by atoms with Gasteiger partial charge in [-0.2, -0.15) is 0 Å². The first-order valence-electron chi connectivity index (χ1n) is 14.8. The van der Waals surface area contributed by atoms with Gasteiger partial charge in [-0.05, 0) is 60.7 Å². The van der Waals surface area contributed by atoms with Crippen LogP contribution in [0.3, 0.4) is 0 Å². The molecule has 12 heteroatoms. The molecular weight excluding hydrogens is 616 g/mol. The Morgan fingerprint density at radius 1 is 0.911 bits per heavy atom. The van der Waals surface area contributed by atoms with Crippen molar-refractivity contribution in [2.24, 2.45) is 0 Å². The minimum absolute atomic E-state index is 0. The van der Waals surface area contributed by atoms with E-state index in [1.807, 2.05) is 68.4 Å². The second-order valence-electron chi connectivity index (χ2n) is 10.8. The number of aliphatic hydroxyl groups is 1. The average molecular weight is 661 g/mol. The zero-order chi connectivity index (χ0) is 32.1. The van der Waals surface area contributed by atoms with Crippen molar-refractivity contribution in [1.29, 1.82) is 0 Å². The summed E-state index contributed by atoms with van der Waals surface area (Å²) in [6.45, 7) is 5.69. The number of ether oxygens (including phenoxy) is 1. The highest BCUT2D eigenvalue weighted by atomic mass is 35.5. The predicted molar refractivity (Wildman–Crippen MR) is 181 cm³/mol. The summed E-state index contributed by atoms with van der Waals surface area (Å²) in [7, 11) is -2.08. The van der Waals surface area contributed by atoms with Gasteiger partial charge in [0.2, 0.25) is 10.0 Å². The molecular formula is C33H45ClN4O6S. The fourth-order valence-corrected chi connectivity index (χ4v) is 5.43. The minimum atomic E-state index is -3.68. The van der Waals surface area contributed by atoms with Crippen molar-refractivity contribution in [3.05, 3.63) is 95.1 Å². The summed E-state index contributed by atoms with van der Waals surface area (Å²) in [6.07, 6.45) is 1.90. The summed E-state index contributed by atoms with van der Waals surface area (Å²) >= 11 is 0. The average Bonchev–Trinajstić information content (AvgIpc) is 2.99. The molecule has 0 fully saturated rings. The van der Waals surface area contributed by atoms with Gasteiger partial charge < -0.3 is 25.4 Å². The SMILES string of the molecule is CCCN(CCC)C(=O)c1cc(NS(C)(=O)=O)cc(C(=O)N[C@@H](Cc2ccccc2)[C@H](O)CNCc2cccc(OC)c2)c1.Cl. The number of methoxy groups -OCH3 is 1. The molecule has 0 aromatic heterocycles. The van der Waals surface area contributed by atoms with Gasteiger partial charge in [0.1, 0.15) is 5.75 Å². The van der Waals surface area contributed by atoms with Gasteiger partial charge in [-0.15, -0.1) is 12.4 Å². The second kappa shape index (κ2) is 18.4. The molecule has 2 amide bonds. The molecule has 0 heterocycles. The largest absolute Gasteiger partial charge is 0.497 e. The van der Waals surface area contributed by atoms with Gasteiger partial charge in [0.25, 0.3) is 11.8 Å². The number of carbonyl (C=O) groups excluding carboxylic acids is 2. The van der Waals surface area contributed by atoms with E-state index in [1.165, 1.54) is 18.2 Å². The highest BCUT2D eigenvalue weighted by Crippen LogP contribution is 2.20. The number of halogens is 1. The lowest BCUT2D eigenvalue weighted by Crippen LogP contribution is -2.48. The Hall–Kier alpha value is -3.64. The molecule has 3 aromatic rings. The maximum atomic E-state index is 13.7. The topological polar surface area (TPSA) is 137 Å². The van der Waals surface area contributed by atoms with Gasteiger partial charge in [0, 0.05) is 37.3 Å². The maximum absolute atomic E-state index is 13.7. The number of anilines is 1. The summed E-state index contributed by atoms with van der Waals surface area (Å²) < 4.78 is 31.8. The van der Waals surface area contributed by atoms with E-state index in [0.717, 1.165) is 36.0 Å². The molecule has 0 unspecified atom stereocenters. The molecule has 2 atom stereocenters. The van der Waals surface area contributed by atoms with Crippen molar-refractivity contribution in [3.8, 4) is 5.75 Å². The van der Waals surface area contributed by atoms with Crippen LogP contribution in [0.2, 0.25) is 0 Å². The van der Waals surface area contributed by atoms with E-state index >= 15 is 0 Å². The third-order valence-electron chi connectivity index (χ3n) is 6.92. The molecule has 45 heavy (non-hydrogen) atoms. The van der Waals surface area contributed by atoms with Crippen molar-refractivity contribution in [1.82, 2.24) is 15.5 Å². The fraction of sp³-hybridized carbons (Fsp3) is 0.394. The summed E-state index contributed by atoms with van der Waals surface area (Å²) in [5.41, 5.74) is 2.31. The molecule has 0 bridgehead atoms. The third-order valence-corrected chi connectivity index (χ3v) is 7.52. The summed E-state index contributed by atoms with van der Waals surface area (Å²) in [5.74, 6) is -0.0963. The first kappa shape index (κ1) is 37.5. The van der Waals surface area contributed by atoms with Crippen LogP contribution in [0.1, 0.15) is 58.5 Å². The van der Waals surface area contributed by atoms with Crippen molar-refractivity contribution in [3.63, 3.8) is 0 Å². The lowest BCUT2D eigenvalue weighted by Gasteiger charge is -2.25. The van der Waals surface area contributed by atoms with Gasteiger partial charge in [-0.1, -0.05) is 56.3 Å². The summed E-state index contributed by atoms with van der Waals surface area (Å²) in [5, 5.41) is 17.4. The van der Waals surface area contributed by atoms with Crippen molar-refractivity contribution >= 4 is 39.9 Å². The van der Waals surface area contributed by atoms with Crippen LogP contribution in [-0.4, -0.2) is 75.4 Å². The number of nitrogens with zero attached hydrogens (tertiary/aromatic N) is 1. The van der Waals surface area contributed by atoms with Gasteiger partial charge >= 0.3 is 0 Å². The van der Waals surface area contributed by atoms with E-state index in [2.05, 4.69) is 15.4 Å². The molecule has 0 saturated carbocycles. The van der Waals surface area contributed by atoms with Crippen LogP contribution in [0.4, 0.5) is 5.69 Å². The van der Waals surface area contributed by atoms with Crippen LogP contribution >= 0.6 is 12.4 Å². The Morgan fingerprint density at radius 2 is 1.56 bits per heavy atom. The number of nitrogens with one attached hydrogen (secondary N) is 3. The Bertz CT molecular complexity index is 1480. The lowest BCUT2D eigenvalue weighted by molar-refractivity contribution is 0.0755. The summed E-state index contributed by atoms with van der Waals surface area (Å²) in [4.78, 5) is 28.8. The molecule has 10 nitrogen and oxygen atoms in total. The number of sulfonamides is 1. The van der Waals surface area contributed by atoms with Crippen molar-refractivity contribution in [2.45, 2.75) is 51.8 Å². The van der Waals surface area contributed by atoms with E-state index in [-0.39, 0.29) is 41.7 Å². The molecule has 0 saturated heterocycles. The number of carbonyl (C=O) groups is 2. The summed E-state index contributed by atoms with van der Waals surface area (Å²) in [6, 6.07) is 20.7. The van der Waals surface area contributed by atoms with Crippen molar-refractivity contribution in [2.75, 3.05) is 37.7 Å². The first-order chi connectivity index (χ1) is 21.0. The zero-order valence-corrected chi connectivity index (χ0v) is 27.9. The smallest absolute Gasteiger partial charge is 0.253 e. The maximum Gasteiger partial charge on any atom is 0.253 e. The molecule has 0 aliphatic heterocycles. The van der Waals surface area contributed by atoms with Gasteiger partial charge in [0.15, 0.2) is 0 Å². The zero-order valence-electron chi connectivity index (χ0n) is 26.3. The van der Waals surface area contributed by atoms with E-state index < -0.39 is 28.1 Å². The van der Waals surface area contributed by atoms with Gasteiger partial charge in [-0.25, -0.2) is 8.42 Å². The van der Waals surface area contributed by atoms with Crippen LogP contribution < -0.4 is 20.1 Å². The number of benzene rings is 3. The number of amides is 2. The second-order valence-corrected chi connectivity index (χ2v) is 12.5. The molecule has 3 rings (SSSR count). The van der Waals surface area contributed by atoms with E-state index in [9.17, 15) is 23.1 Å². The quantitative estimate of drug-likeness (QED) is 0.170. The van der Waals surface area contributed by atoms with E-state index in [0.29, 0.717) is 26.1 Å². The Morgan fingerprint density at radius 3 is 2.18 bits per heavy atom. The van der Waals surface area contributed by atoms with Crippen LogP contribution in [0.5, 0.6) is 5.75 Å². The monoisotopic (exact) mass is 660 g/mol. The van der Waals surface area contributed by atoms with Crippen LogP contribution in [0, 0.1) is 0 Å². The molecule has 0 aliphatic carbocycles. The highest BCUT2D eigenvalue weighted by Gasteiger charge is 2.24. The van der Waals surface area contributed by atoms with E-state index in [1.54, 1.807) is 12.0 Å².